The Hall–Kier alpha value is -0.400. The van der Waals surface area contributed by atoms with Crippen molar-refractivity contribution in [2.45, 2.75) is 5.92 Å². The van der Waals surface area contributed by atoms with Gasteiger partial charge in [-0.05, 0) is 6.26 Å². The highest BCUT2D eigenvalue weighted by Gasteiger charge is 2.38. The normalized spacial score (nSPS) is 11.4. The highest BCUT2D eigenvalue weighted by molar-refractivity contribution is 7.98. The van der Waals surface area contributed by atoms with Gasteiger partial charge in [-0.25, -0.2) is 5.84 Å². The second-order valence-corrected chi connectivity index (χ2v) is 3.21. The summed E-state index contributed by atoms with van der Waals surface area (Å²) in [5, 5.41) is 0. The molecule has 0 aliphatic rings. The predicted molar refractivity (Wildman–Crippen MR) is 46.5 cm³/mol. The molecule has 0 fully saturated rings. The van der Waals surface area contributed by atoms with Gasteiger partial charge in [-0.1, -0.05) is 0 Å². The van der Waals surface area contributed by atoms with Gasteiger partial charge < -0.3 is 4.74 Å². The van der Waals surface area contributed by atoms with Crippen LogP contribution in [0.3, 0.4) is 0 Å². The van der Waals surface area contributed by atoms with E-state index in [9.17, 15) is 13.6 Å². The molecule has 0 rings (SSSR count). The lowest BCUT2D eigenvalue weighted by molar-refractivity contribution is -0.154. The minimum Gasteiger partial charge on any atom is -0.374 e. The number of alkyl halides is 2. The Morgan fingerprint density at radius 3 is 2.77 bits per heavy atom. The Labute approximate surface area is 79.2 Å². The average Bonchev–Trinajstić information content (AvgIpc) is 2.11. The Kier molecular flexibility index (Phi) is 5.93. The maximum Gasteiger partial charge on any atom is 0.348 e. The molecular formula is C6H12F2N2O2S. The number of hydrazine groups is 1. The molecule has 78 valence electrons. The highest BCUT2D eigenvalue weighted by atomic mass is 32.2. The van der Waals surface area contributed by atoms with Crippen LogP contribution in [-0.4, -0.2) is 37.1 Å². The molecule has 7 heteroatoms. The highest BCUT2D eigenvalue weighted by Crippen LogP contribution is 2.13. The van der Waals surface area contributed by atoms with Gasteiger partial charge in [0.1, 0.15) is 6.61 Å². The lowest BCUT2D eigenvalue weighted by atomic mass is 10.3. The minimum atomic E-state index is -3.55. The maximum atomic E-state index is 12.6. The number of nitrogens with one attached hydrogen (secondary N) is 1. The van der Waals surface area contributed by atoms with E-state index in [1.807, 2.05) is 6.26 Å². The molecular weight excluding hydrogens is 202 g/mol. The molecule has 0 aromatic heterocycles. The molecule has 1 amide bonds. The second-order valence-electron chi connectivity index (χ2n) is 2.22. The van der Waals surface area contributed by atoms with E-state index in [1.165, 1.54) is 17.2 Å². The third-order valence-corrected chi connectivity index (χ3v) is 1.75. The molecule has 0 saturated carbocycles. The van der Waals surface area contributed by atoms with Gasteiger partial charge in [0, 0.05) is 5.75 Å². The molecule has 0 atom stereocenters. The van der Waals surface area contributed by atoms with E-state index in [0.717, 1.165) is 0 Å². The van der Waals surface area contributed by atoms with Gasteiger partial charge in [-0.15, -0.1) is 0 Å². The summed E-state index contributed by atoms with van der Waals surface area (Å²) in [6.45, 7) is -0.745. The van der Waals surface area contributed by atoms with Gasteiger partial charge in [0.05, 0.1) is 6.61 Å². The van der Waals surface area contributed by atoms with Gasteiger partial charge in [-0.3, -0.25) is 10.2 Å². The first kappa shape index (κ1) is 12.6. The first-order valence-electron chi connectivity index (χ1n) is 3.50. The minimum absolute atomic E-state index is 0.189. The van der Waals surface area contributed by atoms with E-state index < -0.39 is 18.4 Å². The van der Waals surface area contributed by atoms with Crippen LogP contribution in [0.2, 0.25) is 0 Å². The number of nitrogens with two attached hydrogens (primary N) is 1. The summed E-state index contributed by atoms with van der Waals surface area (Å²) >= 11 is 1.47. The van der Waals surface area contributed by atoms with Crippen molar-refractivity contribution in [3.63, 3.8) is 0 Å². The molecule has 0 aromatic carbocycles. The zero-order valence-corrected chi connectivity index (χ0v) is 8.00. The molecule has 0 radical (unpaired) electrons. The first-order valence-corrected chi connectivity index (χ1v) is 4.89. The molecule has 13 heavy (non-hydrogen) atoms. The van der Waals surface area contributed by atoms with Crippen molar-refractivity contribution in [2.75, 3.05) is 25.2 Å². The number of hydrogen-bond donors (Lipinski definition) is 2. The monoisotopic (exact) mass is 214 g/mol. The fourth-order valence-electron chi connectivity index (χ4n) is 0.514. The lowest BCUT2D eigenvalue weighted by Gasteiger charge is -2.13. The van der Waals surface area contributed by atoms with E-state index in [1.54, 1.807) is 0 Å². The molecule has 3 N–H and O–H groups in total. The van der Waals surface area contributed by atoms with Crippen molar-refractivity contribution in [2.24, 2.45) is 5.84 Å². The quantitative estimate of drug-likeness (QED) is 0.282. The average molecular weight is 214 g/mol. The fraction of sp³-hybridized carbons (Fsp3) is 0.833. The largest absolute Gasteiger partial charge is 0.374 e. The van der Waals surface area contributed by atoms with E-state index in [4.69, 9.17) is 0 Å². The third-order valence-electron chi connectivity index (χ3n) is 1.18. The SMILES string of the molecule is CSCCOCC(F)(F)C(=O)NN. The molecule has 0 aromatic rings. The maximum absolute atomic E-state index is 12.6. The zero-order valence-electron chi connectivity index (χ0n) is 7.18. The molecule has 0 bridgehead atoms. The number of carbonyl (C=O) groups is 1. The van der Waals surface area contributed by atoms with Crippen LogP contribution in [0, 0.1) is 0 Å². The van der Waals surface area contributed by atoms with Gasteiger partial charge in [-0.2, -0.15) is 20.5 Å². The molecule has 0 aliphatic heterocycles. The van der Waals surface area contributed by atoms with Gasteiger partial charge in [0.25, 0.3) is 0 Å². The van der Waals surface area contributed by atoms with Crippen LogP contribution in [0.5, 0.6) is 0 Å². The third kappa shape index (κ3) is 5.02. The van der Waals surface area contributed by atoms with Gasteiger partial charge >= 0.3 is 11.8 Å². The van der Waals surface area contributed by atoms with Gasteiger partial charge in [0.2, 0.25) is 0 Å². The zero-order chi connectivity index (χ0) is 10.3. The van der Waals surface area contributed by atoms with Crippen molar-refractivity contribution in [3.8, 4) is 0 Å². The van der Waals surface area contributed by atoms with Gasteiger partial charge in [0.15, 0.2) is 0 Å². The fourth-order valence-corrected chi connectivity index (χ4v) is 0.798. The predicted octanol–water partition coefficient (Wildman–Crippen LogP) is -0.00880. The Bertz CT molecular complexity index is 169. The smallest absolute Gasteiger partial charge is 0.348 e. The summed E-state index contributed by atoms with van der Waals surface area (Å²) in [5.74, 6) is 0.0815. The Morgan fingerprint density at radius 2 is 2.31 bits per heavy atom. The van der Waals surface area contributed by atoms with Crippen LogP contribution in [-0.2, 0) is 9.53 Å². The van der Waals surface area contributed by atoms with Crippen molar-refractivity contribution >= 4 is 17.7 Å². The molecule has 0 heterocycles. The van der Waals surface area contributed by atoms with Crippen LogP contribution in [0.1, 0.15) is 0 Å². The summed E-state index contributed by atoms with van der Waals surface area (Å²) < 4.78 is 29.8. The van der Waals surface area contributed by atoms with Crippen LogP contribution < -0.4 is 11.3 Å². The molecule has 0 saturated heterocycles. The molecule has 4 nitrogen and oxygen atoms in total. The topological polar surface area (TPSA) is 64.3 Å². The number of thioether (sulfide) groups is 1. The van der Waals surface area contributed by atoms with Crippen LogP contribution in [0.15, 0.2) is 0 Å². The molecule has 0 unspecified atom stereocenters. The van der Waals surface area contributed by atoms with Crippen LogP contribution in [0.25, 0.3) is 0 Å². The standard InChI is InChI=1S/C6H12F2N2O2S/c1-13-3-2-12-4-6(7,8)5(11)10-9/h2-4,9H2,1H3,(H,10,11). The second kappa shape index (κ2) is 6.11. The van der Waals surface area contributed by atoms with E-state index in [-0.39, 0.29) is 6.61 Å². The van der Waals surface area contributed by atoms with Crippen molar-refractivity contribution in [3.05, 3.63) is 0 Å². The molecule has 0 spiro atoms. The van der Waals surface area contributed by atoms with Crippen molar-refractivity contribution in [1.82, 2.24) is 5.43 Å². The number of hydrogen-bond acceptors (Lipinski definition) is 4. The number of ether oxygens (including phenoxy) is 1. The first-order chi connectivity index (χ1) is 6.04. The number of halogens is 2. The number of carbonyl (C=O) groups excluding carboxylic acids is 1. The van der Waals surface area contributed by atoms with E-state index in [0.29, 0.717) is 5.75 Å². The molecule has 0 aliphatic carbocycles. The number of amides is 1. The summed E-state index contributed by atoms with van der Waals surface area (Å²) in [7, 11) is 0. The summed E-state index contributed by atoms with van der Waals surface area (Å²) in [6, 6.07) is 0. The summed E-state index contributed by atoms with van der Waals surface area (Å²) in [4.78, 5) is 10.4. The van der Waals surface area contributed by atoms with Crippen molar-refractivity contribution < 1.29 is 18.3 Å². The Balaban J connectivity index is 3.69. The lowest BCUT2D eigenvalue weighted by Crippen LogP contribution is -2.46. The van der Waals surface area contributed by atoms with E-state index >= 15 is 0 Å². The van der Waals surface area contributed by atoms with Crippen molar-refractivity contribution in [1.29, 1.82) is 0 Å². The van der Waals surface area contributed by atoms with Crippen LogP contribution in [0.4, 0.5) is 8.78 Å². The van der Waals surface area contributed by atoms with Crippen LogP contribution >= 0.6 is 11.8 Å². The Morgan fingerprint density at radius 1 is 1.69 bits per heavy atom. The van der Waals surface area contributed by atoms with E-state index in [2.05, 4.69) is 10.6 Å². The summed E-state index contributed by atoms with van der Waals surface area (Å²) in [5.41, 5.74) is 1.37. The number of rotatable bonds is 6. The summed E-state index contributed by atoms with van der Waals surface area (Å²) in [6.07, 6.45) is 1.83.